The summed E-state index contributed by atoms with van der Waals surface area (Å²) in [6.45, 7) is 2.22. The highest BCUT2D eigenvalue weighted by molar-refractivity contribution is 7.89. The zero-order valence-electron chi connectivity index (χ0n) is 18.4. The average molecular weight is 536 g/mol. The number of carbonyl (C=O) groups is 1. The molecule has 0 saturated carbocycles. The first-order chi connectivity index (χ1) is 16.7. The van der Waals surface area contributed by atoms with E-state index >= 15 is 0 Å². The normalized spacial score (nSPS) is 15.1. The summed E-state index contributed by atoms with van der Waals surface area (Å²) in [5.74, 6) is -0.131. The van der Waals surface area contributed by atoms with Crippen LogP contribution in [0.5, 0.6) is 0 Å². The fourth-order valence-corrected chi connectivity index (χ4v) is 6.53. The van der Waals surface area contributed by atoms with Gasteiger partial charge in [-0.2, -0.15) is 9.40 Å². The Morgan fingerprint density at radius 1 is 1.06 bits per heavy atom. The van der Waals surface area contributed by atoms with Gasteiger partial charge in [-0.1, -0.05) is 29.3 Å². The van der Waals surface area contributed by atoms with Crippen molar-refractivity contribution in [1.29, 1.82) is 0 Å². The molecule has 0 atom stereocenters. The van der Waals surface area contributed by atoms with Crippen LogP contribution in [-0.2, 0) is 10.0 Å². The van der Waals surface area contributed by atoms with Crippen LogP contribution < -0.4 is 5.56 Å². The molecule has 0 bridgehead atoms. The van der Waals surface area contributed by atoms with E-state index in [1.165, 1.54) is 31.8 Å². The molecule has 3 aromatic heterocycles. The van der Waals surface area contributed by atoms with Crippen LogP contribution >= 0.6 is 23.2 Å². The summed E-state index contributed by atoms with van der Waals surface area (Å²) in [4.78, 5) is 29.6. The fraction of sp³-hybridized carbons (Fsp3) is 0.238. The van der Waals surface area contributed by atoms with Crippen molar-refractivity contribution in [3.8, 4) is 5.95 Å². The number of aromatic nitrogens is 5. The maximum Gasteiger partial charge on any atom is 0.276 e. The SMILES string of the molecule is Cc1c(C(=O)N2CCN(S(=O)(=O)c3c(Cl)cccc3Cl)CC2)cnn1-c1nn2cccc2c(=O)[nH]1. The first-order valence-corrected chi connectivity index (χ1v) is 12.7. The van der Waals surface area contributed by atoms with Crippen molar-refractivity contribution >= 4 is 44.6 Å². The third-order valence-corrected chi connectivity index (χ3v) is 8.73. The second-order valence-electron chi connectivity index (χ2n) is 7.92. The molecular weight excluding hydrogens is 517 g/mol. The molecule has 1 amide bonds. The predicted molar refractivity (Wildman–Crippen MR) is 129 cm³/mol. The van der Waals surface area contributed by atoms with E-state index in [2.05, 4.69) is 15.2 Å². The molecular formula is C21H19Cl2N7O4S. The smallest absolute Gasteiger partial charge is 0.276 e. The van der Waals surface area contributed by atoms with Crippen molar-refractivity contribution in [2.45, 2.75) is 11.8 Å². The summed E-state index contributed by atoms with van der Waals surface area (Å²) >= 11 is 12.2. The summed E-state index contributed by atoms with van der Waals surface area (Å²) < 4.78 is 30.3. The molecule has 35 heavy (non-hydrogen) atoms. The minimum atomic E-state index is -3.92. The molecule has 14 heteroatoms. The summed E-state index contributed by atoms with van der Waals surface area (Å²) in [6, 6.07) is 7.85. The van der Waals surface area contributed by atoms with Gasteiger partial charge in [-0.25, -0.2) is 17.6 Å². The third-order valence-electron chi connectivity index (χ3n) is 5.87. The molecule has 0 aliphatic carbocycles. The van der Waals surface area contributed by atoms with Gasteiger partial charge in [0.2, 0.25) is 16.0 Å². The molecule has 0 radical (unpaired) electrons. The molecule has 1 aliphatic heterocycles. The van der Waals surface area contributed by atoms with E-state index in [9.17, 15) is 18.0 Å². The van der Waals surface area contributed by atoms with E-state index in [-0.39, 0.29) is 58.5 Å². The van der Waals surface area contributed by atoms with Crippen LogP contribution in [0, 0.1) is 6.92 Å². The zero-order chi connectivity index (χ0) is 24.9. The lowest BCUT2D eigenvalue weighted by Crippen LogP contribution is -2.50. The number of piperazine rings is 1. The first-order valence-electron chi connectivity index (χ1n) is 10.5. The Hall–Kier alpha value is -3.19. The number of benzene rings is 1. The second-order valence-corrected chi connectivity index (χ2v) is 10.6. The molecule has 1 fully saturated rings. The molecule has 0 unspecified atom stereocenters. The molecule has 4 aromatic rings. The Balaban J connectivity index is 1.35. The Morgan fingerprint density at radius 3 is 2.43 bits per heavy atom. The number of H-pyrrole nitrogens is 1. The predicted octanol–water partition coefficient (Wildman–Crippen LogP) is 1.97. The van der Waals surface area contributed by atoms with Gasteiger partial charge in [-0.15, -0.1) is 5.10 Å². The number of nitrogens with one attached hydrogen (secondary N) is 1. The van der Waals surface area contributed by atoms with Crippen LogP contribution in [0.15, 0.2) is 52.4 Å². The maximum absolute atomic E-state index is 13.2. The maximum atomic E-state index is 13.2. The summed E-state index contributed by atoms with van der Waals surface area (Å²) in [7, 11) is -3.92. The van der Waals surface area contributed by atoms with Crippen LogP contribution in [0.2, 0.25) is 10.0 Å². The van der Waals surface area contributed by atoms with Gasteiger partial charge in [0.15, 0.2) is 0 Å². The lowest BCUT2D eigenvalue weighted by Gasteiger charge is -2.34. The molecule has 5 rings (SSSR count). The minimum Gasteiger partial charge on any atom is -0.336 e. The first kappa shape index (κ1) is 23.5. The monoisotopic (exact) mass is 535 g/mol. The van der Waals surface area contributed by atoms with Crippen LogP contribution in [0.1, 0.15) is 16.1 Å². The van der Waals surface area contributed by atoms with Crippen LogP contribution in [0.25, 0.3) is 11.5 Å². The van der Waals surface area contributed by atoms with E-state index in [0.717, 1.165) is 0 Å². The molecule has 1 aromatic carbocycles. The fourth-order valence-electron chi connectivity index (χ4n) is 4.02. The minimum absolute atomic E-state index is 0.0452. The number of hydrogen-bond donors (Lipinski definition) is 1. The number of nitrogens with zero attached hydrogens (tertiary/aromatic N) is 6. The Morgan fingerprint density at radius 2 is 1.74 bits per heavy atom. The van der Waals surface area contributed by atoms with Crippen molar-refractivity contribution in [3.63, 3.8) is 0 Å². The second kappa shape index (κ2) is 8.79. The number of hydrogen-bond acceptors (Lipinski definition) is 6. The van der Waals surface area contributed by atoms with Crippen LogP contribution in [0.4, 0.5) is 0 Å². The number of rotatable bonds is 4. The molecule has 1 aliphatic rings. The molecule has 0 spiro atoms. The highest BCUT2D eigenvalue weighted by atomic mass is 35.5. The molecule has 1 N–H and O–H groups in total. The van der Waals surface area contributed by atoms with E-state index in [1.54, 1.807) is 36.2 Å². The van der Waals surface area contributed by atoms with Crippen LogP contribution in [-0.4, -0.2) is 74.1 Å². The number of halogens is 2. The van der Waals surface area contributed by atoms with Gasteiger partial charge >= 0.3 is 0 Å². The number of fused-ring (bicyclic) bond motifs is 1. The van der Waals surface area contributed by atoms with Crippen molar-refractivity contribution in [3.05, 3.63) is 74.4 Å². The largest absolute Gasteiger partial charge is 0.336 e. The highest BCUT2D eigenvalue weighted by Crippen LogP contribution is 2.32. The van der Waals surface area contributed by atoms with Gasteiger partial charge in [-0.05, 0) is 31.2 Å². The molecule has 4 heterocycles. The van der Waals surface area contributed by atoms with Crippen LogP contribution in [0.3, 0.4) is 0 Å². The van der Waals surface area contributed by atoms with E-state index in [4.69, 9.17) is 23.2 Å². The summed E-state index contributed by atoms with van der Waals surface area (Å²) in [5.41, 5.74) is 0.868. The van der Waals surface area contributed by atoms with Gasteiger partial charge in [-0.3, -0.25) is 14.6 Å². The zero-order valence-corrected chi connectivity index (χ0v) is 20.7. The molecule has 11 nitrogen and oxygen atoms in total. The lowest BCUT2D eigenvalue weighted by molar-refractivity contribution is 0.0697. The van der Waals surface area contributed by atoms with Gasteiger partial charge in [0.25, 0.3) is 11.5 Å². The Bertz CT molecular complexity index is 1600. The number of amides is 1. The highest BCUT2D eigenvalue weighted by Gasteiger charge is 2.34. The van der Waals surface area contributed by atoms with E-state index in [1.807, 2.05) is 0 Å². The average Bonchev–Trinajstić information content (AvgIpc) is 3.45. The standard InChI is InChI=1S/C21H19Cl2N7O4S/c1-13-14(12-24-30(13)21-25-19(31)17-6-3-7-29(17)26-21)20(32)27-8-10-28(11-9-27)35(33,34)18-15(22)4-2-5-16(18)23/h2-7,12H,8-11H2,1H3,(H,25,26,31). The molecule has 1 saturated heterocycles. The van der Waals surface area contributed by atoms with Gasteiger partial charge in [0, 0.05) is 32.4 Å². The van der Waals surface area contributed by atoms with Crippen molar-refractivity contribution < 1.29 is 13.2 Å². The van der Waals surface area contributed by atoms with Crippen molar-refractivity contribution in [2.24, 2.45) is 0 Å². The van der Waals surface area contributed by atoms with Crippen molar-refractivity contribution in [1.82, 2.24) is 33.6 Å². The summed E-state index contributed by atoms with van der Waals surface area (Å²) in [5, 5.41) is 8.66. The Kier molecular flexibility index (Phi) is 5.91. The molecule has 182 valence electrons. The number of aromatic amines is 1. The summed E-state index contributed by atoms with van der Waals surface area (Å²) in [6.07, 6.45) is 3.05. The topological polar surface area (TPSA) is 126 Å². The number of carbonyl (C=O) groups excluding carboxylic acids is 1. The van der Waals surface area contributed by atoms with E-state index < -0.39 is 10.0 Å². The Labute approximate surface area is 209 Å². The van der Waals surface area contributed by atoms with Gasteiger partial charge in [0.1, 0.15) is 10.4 Å². The third kappa shape index (κ3) is 4.01. The number of sulfonamides is 1. The van der Waals surface area contributed by atoms with E-state index in [0.29, 0.717) is 16.8 Å². The van der Waals surface area contributed by atoms with Gasteiger partial charge < -0.3 is 4.90 Å². The quantitative estimate of drug-likeness (QED) is 0.425. The van der Waals surface area contributed by atoms with Gasteiger partial charge in [0.05, 0.1) is 27.5 Å². The van der Waals surface area contributed by atoms with Crippen molar-refractivity contribution in [2.75, 3.05) is 26.2 Å². The lowest BCUT2D eigenvalue weighted by atomic mass is 10.2.